The average Bonchev–Trinajstić information content (AvgIpc) is 2.60. The first-order valence-corrected chi connectivity index (χ1v) is 9.19. The van der Waals surface area contributed by atoms with Gasteiger partial charge in [-0.2, -0.15) is 0 Å². The van der Waals surface area contributed by atoms with Crippen LogP contribution in [0.4, 0.5) is 4.79 Å². The van der Waals surface area contributed by atoms with Crippen LogP contribution in [-0.4, -0.2) is 64.3 Å². The quantitative estimate of drug-likeness (QED) is 0.526. The molecule has 25 heavy (non-hydrogen) atoms. The fourth-order valence-electron chi connectivity index (χ4n) is 3.42. The SMILES string of the molecule is O=C(NCCCC(=O)N1CCC(O)(C(=O)O)CC1)NC1CCCCC1. The summed E-state index contributed by atoms with van der Waals surface area (Å²) in [5.74, 6) is -1.30. The van der Waals surface area contributed by atoms with Crippen molar-refractivity contribution >= 4 is 17.9 Å². The number of carboxylic acid groups (broad SMARTS) is 1. The Labute approximate surface area is 147 Å². The molecule has 0 aromatic heterocycles. The molecule has 0 atom stereocenters. The van der Waals surface area contributed by atoms with Crippen molar-refractivity contribution in [2.45, 2.75) is 69.4 Å². The number of carboxylic acids is 1. The number of nitrogens with one attached hydrogen (secondary N) is 2. The second kappa shape index (κ2) is 9.03. The Morgan fingerprint density at radius 2 is 1.72 bits per heavy atom. The van der Waals surface area contributed by atoms with E-state index in [1.807, 2.05) is 0 Å². The lowest BCUT2D eigenvalue weighted by atomic mass is 9.91. The monoisotopic (exact) mass is 355 g/mol. The first kappa shape index (κ1) is 19.5. The van der Waals surface area contributed by atoms with Crippen LogP contribution in [0.15, 0.2) is 0 Å². The lowest BCUT2D eigenvalue weighted by Crippen LogP contribution is -2.50. The molecular formula is C17H29N3O5. The molecule has 1 aliphatic carbocycles. The highest BCUT2D eigenvalue weighted by molar-refractivity contribution is 5.79. The van der Waals surface area contributed by atoms with Crippen LogP contribution in [0, 0.1) is 0 Å². The van der Waals surface area contributed by atoms with Gasteiger partial charge in [-0.1, -0.05) is 19.3 Å². The minimum atomic E-state index is -1.71. The highest BCUT2D eigenvalue weighted by atomic mass is 16.4. The molecule has 142 valence electrons. The predicted molar refractivity (Wildman–Crippen MR) is 91.0 cm³/mol. The van der Waals surface area contributed by atoms with E-state index in [1.165, 1.54) is 6.42 Å². The standard InChI is InChI=1S/C17H29N3O5/c21-14(20-11-8-17(25,9-12-20)15(22)23)7-4-10-18-16(24)19-13-5-2-1-3-6-13/h13,25H,1-12H2,(H,22,23)(H2,18,19,24). The summed E-state index contributed by atoms with van der Waals surface area (Å²) in [5.41, 5.74) is -1.71. The molecule has 1 aliphatic heterocycles. The van der Waals surface area contributed by atoms with Crippen molar-refractivity contribution < 1.29 is 24.6 Å². The van der Waals surface area contributed by atoms with Crippen LogP contribution < -0.4 is 10.6 Å². The zero-order chi connectivity index (χ0) is 18.3. The molecule has 0 radical (unpaired) electrons. The van der Waals surface area contributed by atoms with E-state index < -0.39 is 11.6 Å². The lowest BCUT2D eigenvalue weighted by molar-refractivity contribution is -0.165. The van der Waals surface area contributed by atoms with Crippen molar-refractivity contribution in [3.8, 4) is 0 Å². The third-order valence-electron chi connectivity index (χ3n) is 5.13. The maximum absolute atomic E-state index is 12.1. The number of amides is 3. The number of likely N-dealkylation sites (tertiary alicyclic amines) is 1. The molecule has 2 rings (SSSR count). The lowest BCUT2D eigenvalue weighted by Gasteiger charge is -2.35. The second-order valence-electron chi connectivity index (χ2n) is 7.06. The summed E-state index contributed by atoms with van der Waals surface area (Å²) in [4.78, 5) is 36.5. The number of piperidine rings is 1. The van der Waals surface area contributed by atoms with Crippen LogP contribution in [0.1, 0.15) is 57.8 Å². The predicted octanol–water partition coefficient (Wildman–Crippen LogP) is 0.837. The number of aliphatic carboxylic acids is 1. The van der Waals surface area contributed by atoms with Crippen LogP contribution >= 0.6 is 0 Å². The Kier molecular flexibility index (Phi) is 7.04. The van der Waals surface area contributed by atoms with Crippen LogP contribution in [0.2, 0.25) is 0 Å². The van der Waals surface area contributed by atoms with Gasteiger partial charge in [-0.25, -0.2) is 9.59 Å². The number of nitrogens with zero attached hydrogens (tertiary/aromatic N) is 1. The van der Waals surface area contributed by atoms with Crippen LogP contribution in [-0.2, 0) is 9.59 Å². The van der Waals surface area contributed by atoms with E-state index in [4.69, 9.17) is 5.11 Å². The molecule has 0 aromatic rings. The third-order valence-corrected chi connectivity index (χ3v) is 5.13. The van der Waals surface area contributed by atoms with Crippen LogP contribution in [0.25, 0.3) is 0 Å². The van der Waals surface area contributed by atoms with Crippen LogP contribution in [0.5, 0.6) is 0 Å². The summed E-state index contributed by atoms with van der Waals surface area (Å²) < 4.78 is 0. The molecule has 8 nitrogen and oxygen atoms in total. The Morgan fingerprint density at radius 3 is 2.32 bits per heavy atom. The van der Waals surface area contributed by atoms with E-state index in [9.17, 15) is 19.5 Å². The van der Waals surface area contributed by atoms with E-state index >= 15 is 0 Å². The first-order valence-electron chi connectivity index (χ1n) is 9.19. The molecule has 2 aliphatic rings. The maximum Gasteiger partial charge on any atom is 0.335 e. The Morgan fingerprint density at radius 1 is 1.08 bits per heavy atom. The summed E-state index contributed by atoms with van der Waals surface area (Å²) >= 11 is 0. The van der Waals surface area contributed by atoms with E-state index in [0.29, 0.717) is 19.4 Å². The van der Waals surface area contributed by atoms with Gasteiger partial charge in [0.1, 0.15) is 0 Å². The van der Waals surface area contributed by atoms with Gasteiger partial charge in [0.25, 0.3) is 0 Å². The van der Waals surface area contributed by atoms with Crippen molar-refractivity contribution in [2.75, 3.05) is 19.6 Å². The first-order chi connectivity index (χ1) is 11.9. The number of carbonyl (C=O) groups excluding carboxylic acids is 2. The van der Waals surface area contributed by atoms with Gasteiger partial charge in [0.05, 0.1) is 0 Å². The third kappa shape index (κ3) is 5.88. The Balaban J connectivity index is 1.58. The minimum absolute atomic E-state index is 0.0517. The van der Waals surface area contributed by atoms with Gasteiger partial charge in [-0.05, 0) is 19.3 Å². The van der Waals surface area contributed by atoms with Crippen molar-refractivity contribution in [3.05, 3.63) is 0 Å². The summed E-state index contributed by atoms with van der Waals surface area (Å²) in [6, 6.07) is 0.0839. The van der Waals surface area contributed by atoms with Crippen molar-refractivity contribution in [2.24, 2.45) is 0 Å². The zero-order valence-corrected chi connectivity index (χ0v) is 14.6. The van der Waals surface area contributed by atoms with E-state index in [2.05, 4.69) is 10.6 Å². The number of rotatable bonds is 6. The van der Waals surface area contributed by atoms with Crippen molar-refractivity contribution in [1.82, 2.24) is 15.5 Å². The molecule has 1 heterocycles. The smallest absolute Gasteiger partial charge is 0.335 e. The molecule has 1 saturated heterocycles. The fraction of sp³-hybridized carbons (Fsp3) is 0.824. The average molecular weight is 355 g/mol. The molecule has 8 heteroatoms. The number of hydrogen-bond donors (Lipinski definition) is 4. The maximum atomic E-state index is 12.1. The molecule has 0 unspecified atom stereocenters. The zero-order valence-electron chi connectivity index (χ0n) is 14.6. The Bertz CT molecular complexity index is 483. The van der Waals surface area contributed by atoms with Gasteiger partial charge in [0.15, 0.2) is 5.60 Å². The van der Waals surface area contributed by atoms with Gasteiger partial charge in [-0.3, -0.25) is 4.79 Å². The fourth-order valence-corrected chi connectivity index (χ4v) is 3.42. The molecule has 3 amide bonds. The highest BCUT2D eigenvalue weighted by Gasteiger charge is 2.40. The highest BCUT2D eigenvalue weighted by Crippen LogP contribution is 2.23. The van der Waals surface area contributed by atoms with E-state index in [0.717, 1.165) is 25.7 Å². The normalized spacial score (nSPS) is 20.8. The number of aliphatic hydroxyl groups is 1. The van der Waals surface area contributed by atoms with Gasteiger partial charge < -0.3 is 25.7 Å². The van der Waals surface area contributed by atoms with Crippen molar-refractivity contribution in [3.63, 3.8) is 0 Å². The number of hydrogen-bond acceptors (Lipinski definition) is 4. The molecule has 0 bridgehead atoms. The summed E-state index contributed by atoms with van der Waals surface area (Å²) in [5, 5.41) is 24.6. The summed E-state index contributed by atoms with van der Waals surface area (Å²) in [7, 11) is 0. The van der Waals surface area contributed by atoms with Gasteiger partial charge in [-0.15, -0.1) is 0 Å². The molecule has 4 N–H and O–H groups in total. The number of urea groups is 1. The second-order valence-corrected chi connectivity index (χ2v) is 7.06. The van der Waals surface area contributed by atoms with Crippen molar-refractivity contribution in [1.29, 1.82) is 0 Å². The molecular weight excluding hydrogens is 326 g/mol. The van der Waals surface area contributed by atoms with Gasteiger partial charge >= 0.3 is 12.0 Å². The summed E-state index contributed by atoms with van der Waals surface area (Å²) in [6.07, 6.45) is 6.56. The topological polar surface area (TPSA) is 119 Å². The van der Waals surface area contributed by atoms with Crippen LogP contribution in [0.3, 0.4) is 0 Å². The largest absolute Gasteiger partial charge is 0.479 e. The molecule has 1 saturated carbocycles. The summed E-state index contributed by atoms with van der Waals surface area (Å²) in [6.45, 7) is 0.922. The Hall–Kier alpha value is -1.83. The van der Waals surface area contributed by atoms with E-state index in [-0.39, 0.29) is 43.9 Å². The van der Waals surface area contributed by atoms with Gasteiger partial charge in [0, 0.05) is 44.9 Å². The molecule has 0 spiro atoms. The van der Waals surface area contributed by atoms with Gasteiger partial charge in [0.2, 0.25) is 5.91 Å². The van der Waals surface area contributed by atoms with E-state index in [1.54, 1.807) is 4.90 Å². The molecule has 0 aromatic carbocycles. The minimum Gasteiger partial charge on any atom is -0.479 e. The molecule has 2 fully saturated rings. The number of carbonyl (C=O) groups is 3.